The first kappa shape index (κ1) is 12.4. The van der Waals surface area contributed by atoms with Crippen molar-refractivity contribution in [3.05, 3.63) is 0 Å². The molecule has 1 aliphatic rings. The van der Waals surface area contributed by atoms with E-state index < -0.39 is 0 Å². The van der Waals surface area contributed by atoms with E-state index in [2.05, 4.69) is 5.32 Å². The van der Waals surface area contributed by atoms with Crippen LogP contribution in [0.15, 0.2) is 0 Å². The molecule has 5 heteroatoms. The minimum absolute atomic E-state index is 0.0427. The minimum Gasteiger partial charge on any atom is -0.381 e. The lowest BCUT2D eigenvalue weighted by Gasteiger charge is -2.22. The second-order valence-electron chi connectivity index (χ2n) is 3.65. The summed E-state index contributed by atoms with van der Waals surface area (Å²) in [5, 5.41) is 2.92. The standard InChI is InChI=1S/C10H20N2O3/c11-4-1-5-15-8-10(13)12-9-2-6-14-7-3-9/h9H,1-8,11H2,(H,12,13). The van der Waals surface area contributed by atoms with Gasteiger partial charge in [0.15, 0.2) is 0 Å². The summed E-state index contributed by atoms with van der Waals surface area (Å²) < 4.78 is 10.4. The lowest BCUT2D eigenvalue weighted by atomic mass is 10.1. The molecule has 1 heterocycles. The summed E-state index contributed by atoms with van der Waals surface area (Å²) in [6, 6.07) is 0.254. The molecule has 0 aromatic heterocycles. The van der Waals surface area contributed by atoms with Gasteiger partial charge in [-0.2, -0.15) is 0 Å². The Balaban J connectivity index is 2.01. The van der Waals surface area contributed by atoms with E-state index in [1.54, 1.807) is 0 Å². The molecule has 5 nitrogen and oxygen atoms in total. The van der Waals surface area contributed by atoms with E-state index in [0.717, 1.165) is 32.5 Å². The Kier molecular flexibility index (Phi) is 6.31. The van der Waals surface area contributed by atoms with Crippen LogP contribution in [0.3, 0.4) is 0 Å². The number of nitrogens with two attached hydrogens (primary N) is 1. The van der Waals surface area contributed by atoms with Crippen LogP contribution in [0.1, 0.15) is 19.3 Å². The van der Waals surface area contributed by atoms with Gasteiger partial charge in [0, 0.05) is 25.9 Å². The normalized spacial score (nSPS) is 17.7. The third-order valence-electron chi connectivity index (χ3n) is 2.31. The number of amides is 1. The van der Waals surface area contributed by atoms with Crippen molar-refractivity contribution < 1.29 is 14.3 Å². The maximum atomic E-state index is 11.4. The summed E-state index contributed by atoms with van der Waals surface area (Å²) in [6.07, 6.45) is 2.59. The number of hydrogen-bond acceptors (Lipinski definition) is 4. The fourth-order valence-electron chi connectivity index (χ4n) is 1.46. The van der Waals surface area contributed by atoms with Gasteiger partial charge in [0.2, 0.25) is 5.91 Å². The van der Waals surface area contributed by atoms with Gasteiger partial charge in [0.25, 0.3) is 0 Å². The Labute approximate surface area is 90.3 Å². The van der Waals surface area contributed by atoms with Crippen LogP contribution in [0.4, 0.5) is 0 Å². The zero-order valence-corrected chi connectivity index (χ0v) is 9.04. The van der Waals surface area contributed by atoms with Crippen molar-refractivity contribution in [2.24, 2.45) is 5.73 Å². The smallest absolute Gasteiger partial charge is 0.246 e. The molecule has 1 aliphatic heterocycles. The van der Waals surface area contributed by atoms with Crippen LogP contribution in [0.25, 0.3) is 0 Å². The van der Waals surface area contributed by atoms with E-state index in [1.165, 1.54) is 0 Å². The molecule has 1 amide bonds. The number of carbonyl (C=O) groups excluding carboxylic acids is 1. The molecular weight excluding hydrogens is 196 g/mol. The van der Waals surface area contributed by atoms with Crippen molar-refractivity contribution in [1.29, 1.82) is 0 Å². The molecule has 88 valence electrons. The van der Waals surface area contributed by atoms with Crippen LogP contribution in [0, 0.1) is 0 Å². The van der Waals surface area contributed by atoms with Crippen molar-refractivity contribution in [2.45, 2.75) is 25.3 Å². The molecule has 1 fully saturated rings. The highest BCUT2D eigenvalue weighted by Crippen LogP contribution is 2.05. The summed E-state index contributed by atoms with van der Waals surface area (Å²) in [4.78, 5) is 11.4. The van der Waals surface area contributed by atoms with E-state index >= 15 is 0 Å². The highest BCUT2D eigenvalue weighted by molar-refractivity contribution is 5.77. The number of nitrogens with one attached hydrogen (secondary N) is 1. The van der Waals surface area contributed by atoms with E-state index in [4.69, 9.17) is 15.2 Å². The predicted molar refractivity (Wildman–Crippen MR) is 56.5 cm³/mol. The molecular formula is C10H20N2O3. The van der Waals surface area contributed by atoms with Gasteiger partial charge < -0.3 is 20.5 Å². The van der Waals surface area contributed by atoms with Crippen molar-refractivity contribution >= 4 is 5.91 Å². The summed E-state index contributed by atoms with van der Waals surface area (Å²) in [5.74, 6) is -0.0427. The van der Waals surface area contributed by atoms with Crippen LogP contribution in [0.5, 0.6) is 0 Å². The molecule has 0 radical (unpaired) electrons. The monoisotopic (exact) mass is 216 g/mol. The molecule has 0 atom stereocenters. The van der Waals surface area contributed by atoms with Crippen LogP contribution < -0.4 is 11.1 Å². The molecule has 0 bridgehead atoms. The van der Waals surface area contributed by atoms with Crippen molar-refractivity contribution in [2.75, 3.05) is 33.0 Å². The van der Waals surface area contributed by atoms with Crippen molar-refractivity contribution in [3.8, 4) is 0 Å². The van der Waals surface area contributed by atoms with E-state index in [9.17, 15) is 4.79 Å². The zero-order valence-electron chi connectivity index (χ0n) is 9.04. The Morgan fingerprint density at radius 3 is 2.87 bits per heavy atom. The Hall–Kier alpha value is -0.650. The van der Waals surface area contributed by atoms with Gasteiger partial charge in [-0.3, -0.25) is 4.79 Å². The molecule has 0 spiro atoms. The predicted octanol–water partition coefficient (Wildman–Crippen LogP) is -0.353. The Bertz CT molecular complexity index is 182. The van der Waals surface area contributed by atoms with E-state index in [0.29, 0.717) is 13.2 Å². The quantitative estimate of drug-likeness (QED) is 0.595. The molecule has 1 rings (SSSR count). The SMILES string of the molecule is NCCCOCC(=O)NC1CCOCC1. The maximum absolute atomic E-state index is 11.4. The van der Waals surface area contributed by atoms with Gasteiger partial charge in [0.1, 0.15) is 6.61 Å². The van der Waals surface area contributed by atoms with Crippen molar-refractivity contribution in [3.63, 3.8) is 0 Å². The van der Waals surface area contributed by atoms with Crippen LogP contribution in [-0.2, 0) is 14.3 Å². The Morgan fingerprint density at radius 1 is 1.47 bits per heavy atom. The van der Waals surface area contributed by atoms with E-state index in [-0.39, 0.29) is 18.6 Å². The minimum atomic E-state index is -0.0427. The Morgan fingerprint density at radius 2 is 2.20 bits per heavy atom. The summed E-state index contributed by atoms with van der Waals surface area (Å²) in [6.45, 7) is 2.76. The van der Waals surface area contributed by atoms with Crippen LogP contribution in [-0.4, -0.2) is 44.9 Å². The lowest BCUT2D eigenvalue weighted by molar-refractivity contribution is -0.127. The molecule has 3 N–H and O–H groups in total. The second-order valence-corrected chi connectivity index (χ2v) is 3.65. The number of hydrogen-bond donors (Lipinski definition) is 2. The number of rotatable bonds is 6. The third-order valence-corrected chi connectivity index (χ3v) is 2.31. The van der Waals surface area contributed by atoms with E-state index in [1.807, 2.05) is 0 Å². The first-order valence-corrected chi connectivity index (χ1v) is 5.48. The average Bonchev–Trinajstić information content (AvgIpc) is 2.26. The van der Waals surface area contributed by atoms with Gasteiger partial charge in [-0.15, -0.1) is 0 Å². The molecule has 0 saturated carbocycles. The topological polar surface area (TPSA) is 73.6 Å². The first-order valence-electron chi connectivity index (χ1n) is 5.48. The molecule has 0 unspecified atom stereocenters. The maximum Gasteiger partial charge on any atom is 0.246 e. The van der Waals surface area contributed by atoms with Crippen LogP contribution >= 0.6 is 0 Å². The highest BCUT2D eigenvalue weighted by atomic mass is 16.5. The van der Waals surface area contributed by atoms with Crippen LogP contribution in [0.2, 0.25) is 0 Å². The zero-order chi connectivity index (χ0) is 10.9. The number of carbonyl (C=O) groups is 1. The third kappa shape index (κ3) is 5.71. The largest absolute Gasteiger partial charge is 0.381 e. The molecule has 0 aromatic rings. The summed E-state index contributed by atoms with van der Waals surface area (Å²) in [7, 11) is 0. The van der Waals surface area contributed by atoms with Gasteiger partial charge in [-0.25, -0.2) is 0 Å². The fourth-order valence-corrected chi connectivity index (χ4v) is 1.46. The average molecular weight is 216 g/mol. The summed E-state index contributed by atoms with van der Waals surface area (Å²) in [5.41, 5.74) is 5.30. The second kappa shape index (κ2) is 7.62. The number of ether oxygens (including phenoxy) is 2. The van der Waals surface area contributed by atoms with Gasteiger partial charge in [-0.1, -0.05) is 0 Å². The highest BCUT2D eigenvalue weighted by Gasteiger charge is 2.15. The molecule has 15 heavy (non-hydrogen) atoms. The fraction of sp³-hybridized carbons (Fsp3) is 0.900. The lowest BCUT2D eigenvalue weighted by Crippen LogP contribution is -2.40. The van der Waals surface area contributed by atoms with Crippen molar-refractivity contribution in [1.82, 2.24) is 5.32 Å². The first-order chi connectivity index (χ1) is 7.33. The van der Waals surface area contributed by atoms with Gasteiger partial charge in [-0.05, 0) is 25.8 Å². The van der Waals surface area contributed by atoms with Gasteiger partial charge in [0.05, 0.1) is 0 Å². The molecule has 0 aromatic carbocycles. The molecule has 1 saturated heterocycles. The summed E-state index contributed by atoms with van der Waals surface area (Å²) >= 11 is 0. The van der Waals surface area contributed by atoms with Gasteiger partial charge >= 0.3 is 0 Å². The molecule has 0 aliphatic carbocycles.